The highest BCUT2D eigenvalue weighted by atomic mass is 16.4. The second-order valence-electron chi connectivity index (χ2n) is 6.91. The molecule has 0 atom stereocenters. The first-order chi connectivity index (χ1) is 12.3. The van der Waals surface area contributed by atoms with Crippen molar-refractivity contribution in [3.05, 3.63) is 0 Å². The van der Waals surface area contributed by atoms with Gasteiger partial charge in [-0.2, -0.15) is 0 Å². The predicted octanol–water partition coefficient (Wildman–Crippen LogP) is 6.73. The minimum absolute atomic E-state index is 0.826. The molecule has 0 spiro atoms. The van der Waals surface area contributed by atoms with Gasteiger partial charge in [-0.3, -0.25) is 0 Å². The van der Waals surface area contributed by atoms with Crippen molar-refractivity contribution in [1.82, 2.24) is 0 Å². The van der Waals surface area contributed by atoms with Crippen LogP contribution in [0.4, 0.5) is 0 Å². The van der Waals surface area contributed by atoms with Crippen LogP contribution in [0, 0.1) is 23.7 Å². The van der Waals surface area contributed by atoms with Crippen molar-refractivity contribution in [2.24, 2.45) is 0 Å². The van der Waals surface area contributed by atoms with Crippen molar-refractivity contribution in [2.75, 3.05) is 0 Å². The molecule has 0 aliphatic heterocycles. The lowest BCUT2D eigenvalue weighted by atomic mass is 10.0. The van der Waals surface area contributed by atoms with Gasteiger partial charge in [-0.25, -0.2) is 4.79 Å². The zero-order chi connectivity index (χ0) is 18.4. The maximum absolute atomic E-state index is 10.1. The van der Waals surface area contributed by atoms with Crippen LogP contribution in [0.5, 0.6) is 0 Å². The molecule has 0 fully saturated rings. The van der Waals surface area contributed by atoms with Crippen LogP contribution in [0.15, 0.2) is 0 Å². The molecule has 0 bridgehead atoms. The van der Waals surface area contributed by atoms with Gasteiger partial charge in [0.05, 0.1) is 0 Å². The van der Waals surface area contributed by atoms with E-state index in [9.17, 15) is 4.79 Å². The van der Waals surface area contributed by atoms with Crippen molar-refractivity contribution in [1.29, 1.82) is 0 Å². The Morgan fingerprint density at radius 2 is 1.04 bits per heavy atom. The van der Waals surface area contributed by atoms with E-state index in [0.717, 1.165) is 12.8 Å². The summed E-state index contributed by atoms with van der Waals surface area (Å²) in [6, 6.07) is 0. The second-order valence-corrected chi connectivity index (χ2v) is 6.91. The minimum atomic E-state index is -1.11. The molecule has 0 amide bonds. The summed E-state index contributed by atoms with van der Waals surface area (Å²) in [5, 5.41) is 8.32. The van der Waals surface area contributed by atoms with E-state index in [0.29, 0.717) is 0 Å². The SMILES string of the molecule is CCCCCCCCCCCCCCCCCCC#CC#CC(=O)O. The third-order valence-corrected chi connectivity index (χ3v) is 4.48. The maximum atomic E-state index is 10.1. The van der Waals surface area contributed by atoms with Gasteiger partial charge in [0.2, 0.25) is 0 Å². The highest BCUT2D eigenvalue weighted by molar-refractivity contribution is 5.87. The van der Waals surface area contributed by atoms with Crippen molar-refractivity contribution in [3.63, 3.8) is 0 Å². The van der Waals surface area contributed by atoms with E-state index in [1.54, 1.807) is 0 Å². The first-order valence-electron chi connectivity index (χ1n) is 10.5. The fraction of sp³-hybridized carbons (Fsp3) is 0.783. The van der Waals surface area contributed by atoms with Crippen LogP contribution >= 0.6 is 0 Å². The number of carbonyl (C=O) groups is 1. The summed E-state index contributed by atoms with van der Waals surface area (Å²) in [7, 11) is 0. The van der Waals surface area contributed by atoms with Crippen LogP contribution in [-0.4, -0.2) is 11.1 Å². The number of hydrogen-bond donors (Lipinski definition) is 1. The highest BCUT2D eigenvalue weighted by Gasteiger charge is 1.94. The largest absolute Gasteiger partial charge is 0.472 e. The standard InChI is InChI=1S/C23H38O2/c1-2-3-4-5-6-7-8-9-10-11-12-13-14-15-16-17-18-19-20-21-22-23(24)25/h2-18H2,1H3,(H,24,25). The van der Waals surface area contributed by atoms with E-state index in [1.165, 1.54) is 96.3 Å². The highest BCUT2D eigenvalue weighted by Crippen LogP contribution is 2.13. The third-order valence-electron chi connectivity index (χ3n) is 4.48. The summed E-state index contributed by atoms with van der Waals surface area (Å²) in [6.45, 7) is 2.28. The molecule has 0 rings (SSSR count). The molecular weight excluding hydrogens is 308 g/mol. The zero-order valence-electron chi connectivity index (χ0n) is 16.4. The van der Waals surface area contributed by atoms with Crippen molar-refractivity contribution in [2.45, 2.75) is 116 Å². The van der Waals surface area contributed by atoms with E-state index in [-0.39, 0.29) is 0 Å². The van der Waals surface area contributed by atoms with Crippen LogP contribution < -0.4 is 0 Å². The molecule has 2 heteroatoms. The second kappa shape index (κ2) is 20.6. The number of aliphatic carboxylic acids is 1. The van der Waals surface area contributed by atoms with Crippen LogP contribution in [0.25, 0.3) is 0 Å². The van der Waals surface area contributed by atoms with E-state index in [4.69, 9.17) is 5.11 Å². The number of carboxylic acids is 1. The van der Waals surface area contributed by atoms with Crippen LogP contribution in [0.2, 0.25) is 0 Å². The van der Waals surface area contributed by atoms with Crippen molar-refractivity contribution in [3.8, 4) is 23.7 Å². The summed E-state index contributed by atoms with van der Waals surface area (Å²) >= 11 is 0. The van der Waals surface area contributed by atoms with Crippen molar-refractivity contribution < 1.29 is 9.90 Å². The van der Waals surface area contributed by atoms with Gasteiger partial charge in [-0.15, -0.1) is 0 Å². The van der Waals surface area contributed by atoms with Gasteiger partial charge in [0.1, 0.15) is 0 Å². The maximum Gasteiger partial charge on any atom is 0.382 e. The fourth-order valence-corrected chi connectivity index (χ4v) is 2.95. The monoisotopic (exact) mass is 346 g/mol. The molecule has 0 aromatic carbocycles. The lowest BCUT2D eigenvalue weighted by Gasteiger charge is -2.03. The van der Waals surface area contributed by atoms with E-state index >= 15 is 0 Å². The topological polar surface area (TPSA) is 37.3 Å². The number of rotatable bonds is 16. The third kappa shape index (κ3) is 22.6. The number of unbranched alkanes of at least 4 members (excludes halogenated alkanes) is 16. The predicted molar refractivity (Wildman–Crippen MR) is 107 cm³/mol. The molecule has 0 aromatic rings. The van der Waals surface area contributed by atoms with Gasteiger partial charge in [0.25, 0.3) is 0 Å². The van der Waals surface area contributed by atoms with Gasteiger partial charge in [-0.1, -0.05) is 109 Å². The molecule has 0 heterocycles. The van der Waals surface area contributed by atoms with Crippen LogP contribution in [0.1, 0.15) is 116 Å². The average Bonchev–Trinajstić information content (AvgIpc) is 2.60. The Bertz CT molecular complexity index is 417. The lowest BCUT2D eigenvalue weighted by molar-refractivity contribution is -0.130. The summed E-state index contributed by atoms with van der Waals surface area (Å²) in [4.78, 5) is 10.1. The van der Waals surface area contributed by atoms with Crippen LogP contribution in [0.3, 0.4) is 0 Å². The van der Waals surface area contributed by atoms with E-state index < -0.39 is 5.97 Å². The van der Waals surface area contributed by atoms with E-state index in [1.807, 2.05) is 5.92 Å². The molecule has 142 valence electrons. The molecule has 0 saturated carbocycles. The van der Waals surface area contributed by atoms with Crippen LogP contribution in [-0.2, 0) is 4.79 Å². The summed E-state index contributed by atoms with van der Waals surface area (Å²) in [5.74, 6) is 8.69. The normalized spacial score (nSPS) is 9.80. The zero-order valence-corrected chi connectivity index (χ0v) is 16.4. The van der Waals surface area contributed by atoms with Gasteiger partial charge in [0.15, 0.2) is 0 Å². The Hall–Kier alpha value is -1.41. The van der Waals surface area contributed by atoms with Gasteiger partial charge < -0.3 is 5.11 Å². The first kappa shape index (κ1) is 23.6. The molecule has 0 aliphatic rings. The fourth-order valence-electron chi connectivity index (χ4n) is 2.95. The molecule has 0 aromatic heterocycles. The van der Waals surface area contributed by atoms with Gasteiger partial charge >= 0.3 is 5.97 Å². The molecule has 25 heavy (non-hydrogen) atoms. The van der Waals surface area contributed by atoms with E-state index in [2.05, 4.69) is 24.7 Å². The Morgan fingerprint density at radius 3 is 1.44 bits per heavy atom. The lowest BCUT2D eigenvalue weighted by Crippen LogP contribution is -1.85. The Balaban J connectivity index is 3.12. The van der Waals surface area contributed by atoms with Gasteiger partial charge in [-0.05, 0) is 18.3 Å². The summed E-state index contributed by atoms with van der Waals surface area (Å²) < 4.78 is 0. The smallest absolute Gasteiger partial charge is 0.382 e. The minimum Gasteiger partial charge on any atom is -0.472 e. The van der Waals surface area contributed by atoms with Gasteiger partial charge in [0, 0.05) is 12.3 Å². The molecular formula is C23H38O2. The molecule has 0 saturated heterocycles. The molecule has 0 unspecified atom stereocenters. The Kier molecular flexibility index (Phi) is 19.5. The quantitative estimate of drug-likeness (QED) is 0.248. The number of carboxylic acid groups (broad SMARTS) is 1. The molecule has 1 N–H and O–H groups in total. The van der Waals surface area contributed by atoms with Crippen molar-refractivity contribution >= 4 is 5.97 Å². The Labute approximate surface area is 156 Å². The Morgan fingerprint density at radius 1 is 0.640 bits per heavy atom. The molecule has 0 aliphatic carbocycles. The average molecular weight is 347 g/mol. The molecule has 0 radical (unpaired) electrons. The first-order valence-corrected chi connectivity index (χ1v) is 10.5. The summed E-state index contributed by atoms with van der Waals surface area (Å²) in [5.41, 5.74) is 0. The molecule has 2 nitrogen and oxygen atoms in total. The number of hydrogen-bond acceptors (Lipinski definition) is 1. The summed E-state index contributed by atoms with van der Waals surface area (Å²) in [6.07, 6.45) is 22.7.